The molecule has 0 radical (unpaired) electrons. The van der Waals surface area contributed by atoms with Crippen LogP contribution in [-0.2, 0) is 22.0 Å². The lowest BCUT2D eigenvalue weighted by atomic mass is 9.77. The number of hydrogen-bond acceptors (Lipinski definition) is 7. The van der Waals surface area contributed by atoms with Crippen LogP contribution >= 0.6 is 11.6 Å². The molecule has 1 aromatic heterocycles. The zero-order valence-corrected chi connectivity index (χ0v) is 22.5. The molecule has 8 nitrogen and oxygen atoms in total. The molecule has 0 unspecified atom stereocenters. The molecule has 0 aliphatic heterocycles. The van der Waals surface area contributed by atoms with Crippen molar-refractivity contribution in [3.8, 4) is 17.6 Å². The largest absolute Gasteiger partial charge is 0.491 e. The van der Waals surface area contributed by atoms with Crippen molar-refractivity contribution in [1.29, 1.82) is 5.26 Å². The fourth-order valence-electron chi connectivity index (χ4n) is 3.51. The fraction of sp³-hybridized carbons (Fsp3) is 0.346. The van der Waals surface area contributed by atoms with E-state index >= 15 is 0 Å². The number of halogens is 1. The maximum absolute atomic E-state index is 11.5. The lowest BCUT2D eigenvalue weighted by Gasteiger charge is -2.27. The Labute approximate surface area is 217 Å². The van der Waals surface area contributed by atoms with Gasteiger partial charge in [0.2, 0.25) is 16.0 Å². The molecule has 1 heterocycles. The molecule has 0 fully saturated rings. The number of nitrogens with zero attached hydrogens (tertiary/aromatic N) is 3. The second-order valence-corrected chi connectivity index (χ2v) is 11.1. The average Bonchev–Trinajstić information content (AvgIpc) is 2.82. The first kappa shape index (κ1) is 27.2. The molecule has 0 saturated heterocycles. The van der Waals surface area contributed by atoms with Gasteiger partial charge < -0.3 is 9.47 Å². The summed E-state index contributed by atoms with van der Waals surface area (Å²) in [7, 11) is -3.48. The van der Waals surface area contributed by atoms with E-state index in [1.807, 2.05) is 50.2 Å². The summed E-state index contributed by atoms with van der Waals surface area (Å²) in [6, 6.07) is 13.5. The number of aromatic nitrogens is 2. The van der Waals surface area contributed by atoms with Crippen LogP contribution in [0.15, 0.2) is 42.6 Å². The van der Waals surface area contributed by atoms with Crippen LogP contribution in [0.3, 0.4) is 0 Å². The van der Waals surface area contributed by atoms with Crippen molar-refractivity contribution in [3.05, 3.63) is 75.6 Å². The predicted molar refractivity (Wildman–Crippen MR) is 140 cm³/mol. The normalized spacial score (nSPS) is 11.6. The molecule has 10 heteroatoms. The zero-order chi connectivity index (χ0) is 26.5. The van der Waals surface area contributed by atoms with Crippen LogP contribution in [0.1, 0.15) is 55.1 Å². The van der Waals surface area contributed by atoms with E-state index in [1.165, 1.54) is 0 Å². The van der Waals surface area contributed by atoms with Gasteiger partial charge in [-0.15, -0.1) is 0 Å². The van der Waals surface area contributed by atoms with Crippen LogP contribution < -0.4 is 14.2 Å². The third kappa shape index (κ3) is 6.65. The zero-order valence-electron chi connectivity index (χ0n) is 20.9. The van der Waals surface area contributed by atoms with E-state index in [1.54, 1.807) is 6.20 Å². The van der Waals surface area contributed by atoms with E-state index in [4.69, 9.17) is 21.1 Å². The summed E-state index contributed by atoms with van der Waals surface area (Å²) in [6.45, 7) is 8.57. The summed E-state index contributed by atoms with van der Waals surface area (Å²) in [6.07, 6.45) is 3.40. The quantitative estimate of drug-likeness (QED) is 0.376. The number of nitrogens with one attached hydrogen (secondary N) is 1. The first-order valence-corrected chi connectivity index (χ1v) is 13.6. The van der Waals surface area contributed by atoms with Gasteiger partial charge in [-0.1, -0.05) is 44.5 Å². The minimum absolute atomic E-state index is 0.000286. The number of ether oxygens (including phenoxy) is 2. The number of nitriles is 1. The second-order valence-electron chi connectivity index (χ2n) is 8.93. The number of benzene rings is 2. The lowest BCUT2D eigenvalue weighted by molar-refractivity contribution is 0.300. The molecule has 1 N–H and O–H groups in total. The Morgan fingerprint density at radius 3 is 2.44 bits per heavy atom. The SMILES string of the molecule is CCCOc1c(Cl)cc(C(C)(C)c2ccc(OCc3nc(NS(C)(=O)=O)ncc3C)cc2)cc1C#N. The van der Waals surface area contributed by atoms with Gasteiger partial charge in [0.1, 0.15) is 18.4 Å². The molecule has 0 aliphatic rings. The molecule has 0 aliphatic carbocycles. The Kier molecular flexibility index (Phi) is 8.43. The van der Waals surface area contributed by atoms with Crippen molar-refractivity contribution in [2.45, 2.75) is 46.1 Å². The number of anilines is 1. The predicted octanol–water partition coefficient (Wildman–Crippen LogP) is 5.38. The number of sulfonamides is 1. The van der Waals surface area contributed by atoms with E-state index in [0.29, 0.717) is 34.4 Å². The lowest BCUT2D eigenvalue weighted by Crippen LogP contribution is -2.19. The molecule has 190 valence electrons. The van der Waals surface area contributed by atoms with E-state index in [-0.39, 0.29) is 12.6 Å². The molecule has 0 atom stereocenters. The average molecular weight is 529 g/mol. The Bertz CT molecular complexity index is 1380. The third-order valence-electron chi connectivity index (χ3n) is 5.64. The topological polar surface area (TPSA) is 114 Å². The van der Waals surface area contributed by atoms with Crippen LogP contribution in [0.4, 0.5) is 5.95 Å². The van der Waals surface area contributed by atoms with Crippen LogP contribution in [0.5, 0.6) is 11.5 Å². The van der Waals surface area contributed by atoms with Crippen LogP contribution in [0.2, 0.25) is 5.02 Å². The molecule has 0 spiro atoms. The van der Waals surface area contributed by atoms with Crippen molar-refractivity contribution >= 4 is 27.6 Å². The van der Waals surface area contributed by atoms with Gasteiger partial charge in [0, 0.05) is 11.6 Å². The maximum atomic E-state index is 11.5. The Balaban J connectivity index is 1.78. The van der Waals surface area contributed by atoms with Crippen molar-refractivity contribution in [2.75, 3.05) is 17.6 Å². The van der Waals surface area contributed by atoms with Gasteiger partial charge in [0.25, 0.3) is 0 Å². The van der Waals surface area contributed by atoms with Crippen LogP contribution in [-0.4, -0.2) is 31.2 Å². The maximum Gasteiger partial charge on any atom is 0.236 e. The van der Waals surface area contributed by atoms with Crippen molar-refractivity contribution in [2.24, 2.45) is 0 Å². The second kappa shape index (κ2) is 11.1. The standard InChI is InChI=1S/C26H29ClN4O4S/c1-6-11-34-24-18(14-28)12-20(13-22(24)27)26(3,4)19-7-9-21(10-8-19)35-16-23-17(2)15-29-25(30-23)31-36(5,32)33/h7-10,12-13,15H,6,11,16H2,1-5H3,(H,29,30,31). The summed E-state index contributed by atoms with van der Waals surface area (Å²) >= 11 is 6.48. The highest BCUT2D eigenvalue weighted by Gasteiger charge is 2.26. The minimum Gasteiger partial charge on any atom is -0.491 e. The smallest absolute Gasteiger partial charge is 0.236 e. The summed E-state index contributed by atoms with van der Waals surface area (Å²) in [5.41, 5.74) is 3.22. The molecule has 3 aromatic rings. The molecule has 36 heavy (non-hydrogen) atoms. The molecule has 2 aromatic carbocycles. The Morgan fingerprint density at radius 2 is 1.83 bits per heavy atom. The van der Waals surface area contributed by atoms with Crippen LogP contribution in [0.25, 0.3) is 0 Å². The van der Waals surface area contributed by atoms with E-state index < -0.39 is 15.4 Å². The highest BCUT2D eigenvalue weighted by atomic mass is 35.5. The van der Waals surface area contributed by atoms with Gasteiger partial charge in [-0.25, -0.2) is 18.4 Å². The van der Waals surface area contributed by atoms with Crippen molar-refractivity contribution < 1.29 is 17.9 Å². The summed E-state index contributed by atoms with van der Waals surface area (Å²) in [5.74, 6) is 1.05. The molecule has 0 amide bonds. The summed E-state index contributed by atoms with van der Waals surface area (Å²) in [5, 5.41) is 10.0. The van der Waals surface area contributed by atoms with Gasteiger partial charge in [-0.05, 0) is 54.3 Å². The van der Waals surface area contributed by atoms with Gasteiger partial charge in [0.15, 0.2) is 5.75 Å². The van der Waals surface area contributed by atoms with E-state index in [9.17, 15) is 13.7 Å². The first-order valence-electron chi connectivity index (χ1n) is 11.3. The number of hydrogen-bond donors (Lipinski definition) is 1. The first-order chi connectivity index (χ1) is 16.9. The fourth-order valence-corrected chi connectivity index (χ4v) is 4.22. The summed E-state index contributed by atoms with van der Waals surface area (Å²) in [4.78, 5) is 8.23. The molecule has 3 rings (SSSR count). The third-order valence-corrected chi connectivity index (χ3v) is 6.48. The number of aryl methyl sites for hydroxylation is 1. The summed E-state index contributed by atoms with van der Waals surface area (Å²) < 4.78 is 36.8. The monoisotopic (exact) mass is 528 g/mol. The highest BCUT2D eigenvalue weighted by molar-refractivity contribution is 7.91. The van der Waals surface area contributed by atoms with Crippen LogP contribution in [0, 0.1) is 18.3 Å². The molecular weight excluding hydrogens is 500 g/mol. The van der Waals surface area contributed by atoms with Crippen molar-refractivity contribution in [3.63, 3.8) is 0 Å². The van der Waals surface area contributed by atoms with Gasteiger partial charge in [-0.3, -0.25) is 4.72 Å². The number of rotatable bonds is 10. The minimum atomic E-state index is -3.48. The van der Waals surface area contributed by atoms with Gasteiger partial charge in [0.05, 0.1) is 29.1 Å². The molecular formula is C26H29ClN4O4S. The Morgan fingerprint density at radius 1 is 1.14 bits per heavy atom. The van der Waals surface area contributed by atoms with Crippen molar-refractivity contribution in [1.82, 2.24) is 9.97 Å². The van der Waals surface area contributed by atoms with E-state index in [2.05, 4.69) is 34.6 Å². The molecule has 0 saturated carbocycles. The molecule has 0 bridgehead atoms. The van der Waals surface area contributed by atoms with E-state index in [0.717, 1.165) is 29.4 Å². The Hall–Kier alpha value is -3.35. The highest BCUT2D eigenvalue weighted by Crippen LogP contribution is 2.38. The van der Waals surface area contributed by atoms with Gasteiger partial charge >= 0.3 is 0 Å². The van der Waals surface area contributed by atoms with Gasteiger partial charge in [-0.2, -0.15) is 5.26 Å².